The van der Waals surface area contributed by atoms with E-state index in [1.54, 1.807) is 30.5 Å². The van der Waals surface area contributed by atoms with Gasteiger partial charge in [-0.05, 0) is 48.9 Å². The molecule has 2 aromatic heterocycles. The van der Waals surface area contributed by atoms with Gasteiger partial charge < -0.3 is 16.4 Å². The number of sulfonamides is 1. The molecule has 0 fully saturated rings. The highest BCUT2D eigenvalue weighted by atomic mass is 32.2. The highest BCUT2D eigenvalue weighted by molar-refractivity contribution is 7.89. The van der Waals surface area contributed by atoms with E-state index in [2.05, 4.69) is 25.6 Å². The van der Waals surface area contributed by atoms with Crippen LogP contribution in [0.5, 0.6) is 0 Å². The van der Waals surface area contributed by atoms with Crippen LogP contribution in [0.2, 0.25) is 0 Å². The second-order valence-corrected chi connectivity index (χ2v) is 8.50. The standard InChI is InChI=1S/C20H25N7O2S/c1-4-27(5-2)30(28,29)16-8-6-15(7-9-16)25-19-18(21)20(24-13-23-19)26-17-12-14(3)10-11-22-17/h6-13H,4-5,21H2,1-3H3,(H2,22,23,24,25,26). The van der Waals surface area contributed by atoms with Crippen molar-refractivity contribution in [1.82, 2.24) is 19.3 Å². The fraction of sp³-hybridized carbons (Fsp3) is 0.250. The third-order valence-electron chi connectivity index (χ3n) is 4.51. The lowest BCUT2D eigenvalue weighted by molar-refractivity contribution is 0.445. The van der Waals surface area contributed by atoms with E-state index in [4.69, 9.17) is 5.73 Å². The van der Waals surface area contributed by atoms with Crippen molar-refractivity contribution in [3.63, 3.8) is 0 Å². The summed E-state index contributed by atoms with van der Waals surface area (Å²) in [5.41, 5.74) is 8.24. The number of aromatic nitrogens is 3. The lowest BCUT2D eigenvalue weighted by Crippen LogP contribution is -2.30. The van der Waals surface area contributed by atoms with Gasteiger partial charge >= 0.3 is 0 Å². The molecule has 0 saturated heterocycles. The number of rotatable bonds is 8. The van der Waals surface area contributed by atoms with Crippen molar-refractivity contribution in [1.29, 1.82) is 0 Å². The zero-order valence-corrected chi connectivity index (χ0v) is 17.9. The zero-order chi connectivity index (χ0) is 21.7. The molecule has 0 atom stereocenters. The molecule has 1 aromatic carbocycles. The second kappa shape index (κ2) is 9.06. The molecule has 10 heteroatoms. The van der Waals surface area contributed by atoms with E-state index in [-0.39, 0.29) is 4.90 Å². The van der Waals surface area contributed by atoms with Crippen LogP contribution in [-0.4, -0.2) is 40.8 Å². The van der Waals surface area contributed by atoms with Gasteiger partial charge in [-0.1, -0.05) is 13.8 Å². The van der Waals surface area contributed by atoms with Crippen LogP contribution in [0.15, 0.2) is 53.8 Å². The van der Waals surface area contributed by atoms with E-state index in [0.717, 1.165) is 5.56 Å². The summed E-state index contributed by atoms with van der Waals surface area (Å²) in [4.78, 5) is 12.8. The third kappa shape index (κ3) is 4.66. The third-order valence-corrected chi connectivity index (χ3v) is 6.57. The monoisotopic (exact) mass is 427 g/mol. The molecule has 0 amide bonds. The minimum Gasteiger partial charge on any atom is -0.393 e. The molecule has 9 nitrogen and oxygen atoms in total. The molecule has 158 valence electrons. The van der Waals surface area contributed by atoms with E-state index < -0.39 is 10.0 Å². The first kappa shape index (κ1) is 21.5. The molecule has 0 aliphatic carbocycles. The summed E-state index contributed by atoms with van der Waals surface area (Å²) in [7, 11) is -3.51. The molecule has 0 aliphatic rings. The Bertz CT molecular complexity index is 1110. The smallest absolute Gasteiger partial charge is 0.243 e. The Hall–Kier alpha value is -3.24. The number of nitrogens with two attached hydrogens (primary N) is 1. The molecule has 0 spiro atoms. The molecular weight excluding hydrogens is 402 g/mol. The summed E-state index contributed by atoms with van der Waals surface area (Å²) in [5.74, 6) is 1.45. The van der Waals surface area contributed by atoms with Gasteiger partial charge in [0.1, 0.15) is 17.8 Å². The van der Waals surface area contributed by atoms with Gasteiger partial charge in [0.15, 0.2) is 11.6 Å². The summed E-state index contributed by atoms with van der Waals surface area (Å²) in [6, 6.07) is 10.2. The lowest BCUT2D eigenvalue weighted by Gasteiger charge is -2.18. The number of aryl methyl sites for hydroxylation is 1. The normalized spacial score (nSPS) is 11.5. The van der Waals surface area contributed by atoms with Gasteiger partial charge in [0.05, 0.1) is 4.90 Å². The topological polar surface area (TPSA) is 126 Å². The Morgan fingerprint density at radius 3 is 2.20 bits per heavy atom. The van der Waals surface area contributed by atoms with E-state index in [0.29, 0.717) is 41.9 Å². The predicted octanol–water partition coefficient (Wildman–Crippen LogP) is 3.28. The Kier molecular flexibility index (Phi) is 6.48. The highest BCUT2D eigenvalue weighted by Crippen LogP contribution is 2.28. The average molecular weight is 428 g/mol. The van der Waals surface area contributed by atoms with E-state index in [1.165, 1.54) is 10.6 Å². The lowest BCUT2D eigenvalue weighted by atomic mass is 10.3. The van der Waals surface area contributed by atoms with Crippen molar-refractivity contribution < 1.29 is 8.42 Å². The van der Waals surface area contributed by atoms with Gasteiger partial charge in [-0.15, -0.1) is 0 Å². The highest BCUT2D eigenvalue weighted by Gasteiger charge is 2.21. The molecular formula is C20H25N7O2S. The minimum absolute atomic E-state index is 0.236. The fourth-order valence-electron chi connectivity index (χ4n) is 2.88. The maximum atomic E-state index is 12.6. The van der Waals surface area contributed by atoms with Crippen molar-refractivity contribution in [3.8, 4) is 0 Å². The molecule has 2 heterocycles. The van der Waals surface area contributed by atoms with Crippen LogP contribution in [0.3, 0.4) is 0 Å². The first-order valence-corrected chi connectivity index (χ1v) is 11.0. The Balaban J connectivity index is 1.80. The van der Waals surface area contributed by atoms with Crippen molar-refractivity contribution >= 4 is 38.9 Å². The largest absolute Gasteiger partial charge is 0.393 e. The molecule has 4 N–H and O–H groups in total. The fourth-order valence-corrected chi connectivity index (χ4v) is 4.34. The van der Waals surface area contributed by atoms with Gasteiger partial charge in [0, 0.05) is 25.0 Å². The summed E-state index contributed by atoms with van der Waals surface area (Å²) in [6.45, 7) is 6.43. The number of hydrogen-bond donors (Lipinski definition) is 3. The molecule has 0 radical (unpaired) electrons. The molecule has 3 aromatic rings. The van der Waals surface area contributed by atoms with Gasteiger partial charge in [0.2, 0.25) is 10.0 Å². The predicted molar refractivity (Wildman–Crippen MR) is 119 cm³/mol. The van der Waals surface area contributed by atoms with Gasteiger partial charge in [-0.3, -0.25) is 0 Å². The van der Waals surface area contributed by atoms with E-state index in [9.17, 15) is 8.42 Å². The quantitative estimate of drug-likeness (QED) is 0.500. The molecule has 0 aliphatic heterocycles. The van der Waals surface area contributed by atoms with Gasteiger partial charge in [-0.25, -0.2) is 23.4 Å². The van der Waals surface area contributed by atoms with Crippen LogP contribution in [0.1, 0.15) is 19.4 Å². The molecule has 0 unspecified atom stereocenters. The van der Waals surface area contributed by atoms with Crippen molar-refractivity contribution in [2.75, 3.05) is 29.5 Å². The number of anilines is 5. The number of nitrogens with one attached hydrogen (secondary N) is 2. The summed E-state index contributed by atoms with van der Waals surface area (Å²) >= 11 is 0. The SMILES string of the molecule is CCN(CC)S(=O)(=O)c1ccc(Nc2ncnc(Nc3cc(C)ccn3)c2N)cc1. The maximum absolute atomic E-state index is 12.6. The van der Waals surface area contributed by atoms with Crippen LogP contribution >= 0.6 is 0 Å². The molecule has 30 heavy (non-hydrogen) atoms. The van der Waals surface area contributed by atoms with Crippen molar-refractivity contribution in [2.24, 2.45) is 0 Å². The number of nitrogen functional groups attached to an aromatic ring is 1. The minimum atomic E-state index is -3.51. The van der Waals surface area contributed by atoms with Crippen molar-refractivity contribution in [2.45, 2.75) is 25.7 Å². The average Bonchev–Trinajstić information content (AvgIpc) is 2.72. The first-order chi connectivity index (χ1) is 14.3. The van der Waals surface area contributed by atoms with Crippen LogP contribution in [0, 0.1) is 6.92 Å². The first-order valence-electron chi connectivity index (χ1n) is 9.52. The van der Waals surface area contributed by atoms with Crippen molar-refractivity contribution in [3.05, 3.63) is 54.5 Å². The van der Waals surface area contributed by atoms with Crippen LogP contribution in [0.25, 0.3) is 0 Å². The number of hydrogen-bond acceptors (Lipinski definition) is 8. The molecule has 3 rings (SSSR count). The van der Waals surface area contributed by atoms with Gasteiger partial charge in [0.25, 0.3) is 0 Å². The summed E-state index contributed by atoms with van der Waals surface area (Å²) in [6.07, 6.45) is 3.08. The maximum Gasteiger partial charge on any atom is 0.243 e. The Morgan fingerprint density at radius 2 is 1.60 bits per heavy atom. The zero-order valence-electron chi connectivity index (χ0n) is 17.1. The summed E-state index contributed by atoms with van der Waals surface area (Å²) < 4.78 is 26.6. The van der Waals surface area contributed by atoms with E-state index in [1.807, 2.05) is 32.9 Å². The van der Waals surface area contributed by atoms with Crippen LogP contribution in [-0.2, 0) is 10.0 Å². The number of pyridine rings is 1. The molecule has 0 bridgehead atoms. The Labute approximate surface area is 176 Å². The second-order valence-electron chi connectivity index (χ2n) is 6.57. The summed E-state index contributed by atoms with van der Waals surface area (Å²) in [5, 5.41) is 6.18. The van der Waals surface area contributed by atoms with Gasteiger partial charge in [-0.2, -0.15) is 4.31 Å². The molecule has 0 saturated carbocycles. The van der Waals surface area contributed by atoms with Crippen LogP contribution in [0.4, 0.5) is 28.8 Å². The number of nitrogens with zero attached hydrogens (tertiary/aromatic N) is 4. The van der Waals surface area contributed by atoms with Crippen LogP contribution < -0.4 is 16.4 Å². The Morgan fingerprint density at radius 1 is 0.967 bits per heavy atom. The number of benzene rings is 1. The van der Waals surface area contributed by atoms with E-state index >= 15 is 0 Å².